The molecule has 20 heavy (non-hydrogen) atoms. The maximum absolute atomic E-state index is 10.9. The number of hydrogen-bond donors (Lipinski definition) is 2. The minimum atomic E-state index is -0.426. The Morgan fingerprint density at radius 1 is 1.35 bits per heavy atom. The second kappa shape index (κ2) is 7.09. The first-order valence-electron chi connectivity index (χ1n) is 6.74. The smallest absolute Gasteiger partial charge is 0.273 e. The van der Waals surface area contributed by atoms with E-state index in [2.05, 4.69) is 24.1 Å². The summed E-state index contributed by atoms with van der Waals surface area (Å²) in [7, 11) is 4.02. The molecule has 1 aromatic rings. The molecule has 1 atom stereocenters. The van der Waals surface area contributed by atoms with Crippen LogP contribution in [-0.4, -0.2) is 36.5 Å². The van der Waals surface area contributed by atoms with Crippen molar-refractivity contribution in [3.8, 4) is 0 Å². The highest BCUT2D eigenvalue weighted by molar-refractivity contribution is 5.61. The molecule has 0 aliphatic heterocycles. The second-order valence-corrected chi connectivity index (χ2v) is 5.80. The zero-order valence-corrected chi connectivity index (χ0v) is 12.6. The van der Waals surface area contributed by atoms with Gasteiger partial charge in [-0.25, -0.2) is 0 Å². The summed E-state index contributed by atoms with van der Waals surface area (Å²) in [5.74, 6) is 0.545. The van der Waals surface area contributed by atoms with Gasteiger partial charge in [0.05, 0.1) is 4.92 Å². The molecule has 0 saturated heterocycles. The minimum absolute atomic E-state index is 0.0145. The third-order valence-corrected chi connectivity index (χ3v) is 2.86. The summed E-state index contributed by atoms with van der Waals surface area (Å²) in [5, 5.41) is 14.2. The molecule has 0 aromatic heterocycles. The van der Waals surface area contributed by atoms with E-state index >= 15 is 0 Å². The highest BCUT2D eigenvalue weighted by Gasteiger charge is 2.14. The number of nitrogens with zero attached hydrogens (tertiary/aromatic N) is 2. The maximum atomic E-state index is 10.9. The van der Waals surface area contributed by atoms with E-state index in [1.165, 1.54) is 12.1 Å². The van der Waals surface area contributed by atoms with E-state index in [-0.39, 0.29) is 11.7 Å². The number of nitrogen functional groups attached to an aromatic ring is 1. The van der Waals surface area contributed by atoms with Gasteiger partial charge in [-0.15, -0.1) is 0 Å². The monoisotopic (exact) mass is 280 g/mol. The predicted molar refractivity (Wildman–Crippen MR) is 82.9 cm³/mol. The number of non-ortho nitro benzene ring substituents is 1. The van der Waals surface area contributed by atoms with Crippen molar-refractivity contribution in [2.24, 2.45) is 5.92 Å². The van der Waals surface area contributed by atoms with Crippen molar-refractivity contribution in [2.75, 3.05) is 31.7 Å². The number of benzene rings is 1. The van der Waals surface area contributed by atoms with Crippen LogP contribution >= 0.6 is 0 Å². The number of rotatable bonds is 7. The van der Waals surface area contributed by atoms with E-state index in [9.17, 15) is 10.1 Å². The van der Waals surface area contributed by atoms with Gasteiger partial charge in [-0.05, 0) is 32.5 Å². The Labute approximate surface area is 120 Å². The average Bonchev–Trinajstić information content (AvgIpc) is 2.25. The molecule has 1 aromatic carbocycles. The van der Waals surface area contributed by atoms with E-state index in [1.807, 2.05) is 14.1 Å². The molecular formula is C14H24N4O2. The van der Waals surface area contributed by atoms with Gasteiger partial charge in [-0.2, -0.15) is 0 Å². The third-order valence-electron chi connectivity index (χ3n) is 2.86. The number of nitrogens with one attached hydrogen (secondary N) is 1. The van der Waals surface area contributed by atoms with Crippen molar-refractivity contribution < 1.29 is 4.92 Å². The van der Waals surface area contributed by atoms with Gasteiger partial charge in [-0.3, -0.25) is 10.1 Å². The Kier molecular flexibility index (Phi) is 5.76. The second-order valence-electron chi connectivity index (χ2n) is 5.80. The van der Waals surface area contributed by atoms with Crippen LogP contribution in [0.3, 0.4) is 0 Å². The molecule has 0 aliphatic rings. The summed E-state index contributed by atoms with van der Waals surface area (Å²) in [5.41, 5.74) is 6.83. The van der Waals surface area contributed by atoms with Gasteiger partial charge < -0.3 is 16.0 Å². The number of anilines is 2. The van der Waals surface area contributed by atoms with E-state index in [0.717, 1.165) is 13.0 Å². The van der Waals surface area contributed by atoms with Gasteiger partial charge in [-0.1, -0.05) is 13.8 Å². The summed E-state index contributed by atoms with van der Waals surface area (Å²) in [6.45, 7) is 5.18. The van der Waals surface area contributed by atoms with Crippen LogP contribution in [0.2, 0.25) is 0 Å². The quantitative estimate of drug-likeness (QED) is 0.455. The van der Waals surface area contributed by atoms with E-state index in [0.29, 0.717) is 17.3 Å². The molecule has 1 rings (SSSR count). The van der Waals surface area contributed by atoms with Crippen LogP contribution in [0.4, 0.5) is 17.1 Å². The van der Waals surface area contributed by atoms with Crippen LogP contribution in [-0.2, 0) is 0 Å². The first-order valence-corrected chi connectivity index (χ1v) is 6.74. The molecule has 0 fully saturated rings. The molecule has 6 heteroatoms. The summed E-state index contributed by atoms with van der Waals surface area (Å²) in [6.07, 6.45) is 0.987. The van der Waals surface area contributed by atoms with Crippen molar-refractivity contribution in [3.05, 3.63) is 28.3 Å². The Morgan fingerprint density at radius 3 is 2.50 bits per heavy atom. The van der Waals surface area contributed by atoms with Crippen LogP contribution < -0.4 is 11.1 Å². The maximum Gasteiger partial charge on any atom is 0.273 e. The highest BCUT2D eigenvalue weighted by Crippen LogP contribution is 2.23. The predicted octanol–water partition coefficient (Wildman–Crippen LogP) is 2.57. The van der Waals surface area contributed by atoms with Crippen LogP contribution in [0, 0.1) is 16.0 Å². The van der Waals surface area contributed by atoms with Gasteiger partial charge >= 0.3 is 0 Å². The first kappa shape index (κ1) is 16.2. The van der Waals surface area contributed by atoms with Crippen molar-refractivity contribution in [3.63, 3.8) is 0 Å². The summed E-state index contributed by atoms with van der Waals surface area (Å²) in [4.78, 5) is 12.5. The van der Waals surface area contributed by atoms with Crippen LogP contribution in [0.15, 0.2) is 18.2 Å². The molecule has 1 unspecified atom stereocenters. The number of nitrogens with two attached hydrogens (primary N) is 1. The lowest BCUT2D eigenvalue weighted by Gasteiger charge is -2.25. The number of nitro groups is 1. The molecule has 3 N–H and O–H groups in total. The Morgan fingerprint density at radius 2 is 2.00 bits per heavy atom. The molecule has 0 bridgehead atoms. The van der Waals surface area contributed by atoms with E-state index in [1.54, 1.807) is 6.07 Å². The normalized spacial score (nSPS) is 12.7. The van der Waals surface area contributed by atoms with Crippen molar-refractivity contribution in [1.29, 1.82) is 0 Å². The molecule has 112 valence electrons. The molecule has 0 heterocycles. The lowest BCUT2D eigenvalue weighted by molar-refractivity contribution is -0.384. The molecule has 0 saturated carbocycles. The molecule has 0 radical (unpaired) electrons. The summed E-state index contributed by atoms with van der Waals surface area (Å²) < 4.78 is 0. The van der Waals surface area contributed by atoms with Gasteiger partial charge in [0.2, 0.25) is 0 Å². The fourth-order valence-corrected chi connectivity index (χ4v) is 2.25. The number of likely N-dealkylation sites (N-methyl/N-ethyl adjacent to an activating group) is 1. The molecule has 6 nitrogen and oxygen atoms in total. The third kappa shape index (κ3) is 5.44. The topological polar surface area (TPSA) is 84.4 Å². The Bertz CT molecular complexity index is 450. The van der Waals surface area contributed by atoms with Crippen molar-refractivity contribution in [2.45, 2.75) is 26.3 Å². The van der Waals surface area contributed by atoms with E-state index in [4.69, 9.17) is 5.73 Å². The largest absolute Gasteiger partial charge is 0.398 e. The van der Waals surface area contributed by atoms with Gasteiger partial charge in [0.1, 0.15) is 0 Å². The lowest BCUT2D eigenvalue weighted by atomic mass is 10.0. The van der Waals surface area contributed by atoms with Crippen molar-refractivity contribution in [1.82, 2.24) is 4.90 Å². The van der Waals surface area contributed by atoms with Crippen LogP contribution in [0.5, 0.6) is 0 Å². The van der Waals surface area contributed by atoms with Gasteiger partial charge in [0, 0.05) is 36.1 Å². The van der Waals surface area contributed by atoms with Crippen LogP contribution in [0.1, 0.15) is 20.3 Å². The average molecular weight is 280 g/mol. The zero-order chi connectivity index (χ0) is 15.3. The highest BCUT2D eigenvalue weighted by atomic mass is 16.6. The summed E-state index contributed by atoms with van der Waals surface area (Å²) >= 11 is 0. The Balaban J connectivity index is 2.89. The van der Waals surface area contributed by atoms with Gasteiger partial charge in [0.15, 0.2) is 0 Å². The van der Waals surface area contributed by atoms with Crippen molar-refractivity contribution >= 4 is 17.1 Å². The number of nitro benzene ring substituents is 1. The Hall–Kier alpha value is -1.82. The van der Waals surface area contributed by atoms with E-state index < -0.39 is 4.92 Å². The number of hydrogen-bond acceptors (Lipinski definition) is 5. The molecule has 0 aliphatic carbocycles. The fraction of sp³-hybridized carbons (Fsp3) is 0.571. The van der Waals surface area contributed by atoms with Crippen LogP contribution in [0.25, 0.3) is 0 Å². The first-order chi connectivity index (χ1) is 9.27. The molecule has 0 amide bonds. The van der Waals surface area contributed by atoms with Gasteiger partial charge in [0.25, 0.3) is 5.69 Å². The SMILES string of the molecule is CC(C)CC(CN(C)C)Nc1cc(N)cc([N+](=O)[O-])c1. The molecule has 0 spiro atoms. The summed E-state index contributed by atoms with van der Waals surface area (Å²) in [6, 6.07) is 4.86. The standard InChI is InChI=1S/C14H24N4O2/c1-10(2)5-13(9-17(3)4)16-12-6-11(15)7-14(8-12)18(19)20/h6-8,10,13,16H,5,9,15H2,1-4H3. The minimum Gasteiger partial charge on any atom is -0.398 e. The fourth-order valence-electron chi connectivity index (χ4n) is 2.25. The lowest BCUT2D eigenvalue weighted by Crippen LogP contribution is -2.33. The zero-order valence-electron chi connectivity index (χ0n) is 12.6. The molecular weight excluding hydrogens is 256 g/mol.